The third-order valence-corrected chi connectivity index (χ3v) is 3.08. The largest absolute Gasteiger partial charge is 0.466 e. The van der Waals surface area contributed by atoms with Crippen LogP contribution in [-0.4, -0.2) is 23.3 Å². The number of aromatic nitrogens is 1. The number of nitrogens with zero attached hydrogens (tertiary/aromatic N) is 1. The van der Waals surface area contributed by atoms with Gasteiger partial charge in [-0.1, -0.05) is 6.42 Å². The molecule has 0 aliphatic heterocycles. The lowest BCUT2D eigenvalue weighted by Crippen LogP contribution is -2.03. The SMILES string of the molecule is CCOC(=O)CCCCCC(=O)c1nccs1. The molecule has 0 aromatic carbocycles. The van der Waals surface area contributed by atoms with Crippen molar-refractivity contribution in [3.63, 3.8) is 0 Å². The van der Waals surface area contributed by atoms with E-state index >= 15 is 0 Å². The fourth-order valence-electron chi connectivity index (χ4n) is 1.43. The first kappa shape index (κ1) is 13.8. The molecule has 0 aliphatic rings. The zero-order valence-corrected chi connectivity index (χ0v) is 10.8. The predicted octanol–water partition coefficient (Wildman–Crippen LogP) is 2.84. The van der Waals surface area contributed by atoms with E-state index in [2.05, 4.69) is 4.98 Å². The number of hydrogen-bond acceptors (Lipinski definition) is 5. The summed E-state index contributed by atoms with van der Waals surface area (Å²) in [6.45, 7) is 2.23. The highest BCUT2D eigenvalue weighted by Gasteiger charge is 2.08. The van der Waals surface area contributed by atoms with Gasteiger partial charge in [-0.15, -0.1) is 11.3 Å². The summed E-state index contributed by atoms with van der Waals surface area (Å²) in [6.07, 6.45) is 5.05. The molecule has 0 amide bonds. The second-order valence-electron chi connectivity index (χ2n) is 3.63. The molecule has 0 fully saturated rings. The molecule has 0 bridgehead atoms. The molecule has 1 heterocycles. The van der Waals surface area contributed by atoms with Crippen LogP contribution in [0.15, 0.2) is 11.6 Å². The van der Waals surface area contributed by atoms with Crippen molar-refractivity contribution in [3.8, 4) is 0 Å². The molecule has 0 radical (unpaired) electrons. The normalized spacial score (nSPS) is 10.2. The van der Waals surface area contributed by atoms with E-state index in [1.54, 1.807) is 18.5 Å². The summed E-state index contributed by atoms with van der Waals surface area (Å²) < 4.78 is 4.81. The molecule has 4 nitrogen and oxygen atoms in total. The van der Waals surface area contributed by atoms with Gasteiger partial charge in [0.25, 0.3) is 0 Å². The number of ketones is 1. The van der Waals surface area contributed by atoms with Crippen LogP contribution >= 0.6 is 11.3 Å². The number of carbonyl (C=O) groups is 2. The van der Waals surface area contributed by atoms with Gasteiger partial charge in [0.15, 0.2) is 10.8 Å². The van der Waals surface area contributed by atoms with Gasteiger partial charge in [0.05, 0.1) is 6.61 Å². The third-order valence-electron chi connectivity index (χ3n) is 2.26. The van der Waals surface area contributed by atoms with E-state index in [0.29, 0.717) is 24.5 Å². The molecule has 0 unspecified atom stereocenters. The van der Waals surface area contributed by atoms with E-state index in [1.807, 2.05) is 0 Å². The highest BCUT2D eigenvalue weighted by Crippen LogP contribution is 2.11. The lowest BCUT2D eigenvalue weighted by Gasteiger charge is -2.01. The Morgan fingerprint density at radius 1 is 1.29 bits per heavy atom. The Balaban J connectivity index is 2.05. The molecule has 0 aliphatic carbocycles. The summed E-state index contributed by atoms with van der Waals surface area (Å²) >= 11 is 1.37. The molecule has 5 heteroatoms. The maximum atomic E-state index is 11.6. The van der Waals surface area contributed by atoms with Crippen LogP contribution in [0.2, 0.25) is 0 Å². The third kappa shape index (κ3) is 5.58. The van der Waals surface area contributed by atoms with Crippen molar-refractivity contribution in [2.75, 3.05) is 6.61 Å². The van der Waals surface area contributed by atoms with Crippen molar-refractivity contribution in [1.29, 1.82) is 0 Å². The van der Waals surface area contributed by atoms with Crippen LogP contribution in [0.3, 0.4) is 0 Å². The topological polar surface area (TPSA) is 56.3 Å². The summed E-state index contributed by atoms with van der Waals surface area (Å²) in [7, 11) is 0. The van der Waals surface area contributed by atoms with E-state index in [1.165, 1.54) is 11.3 Å². The minimum atomic E-state index is -0.154. The molecule has 0 N–H and O–H groups in total. The molecule has 94 valence electrons. The van der Waals surface area contributed by atoms with Crippen LogP contribution in [-0.2, 0) is 9.53 Å². The number of Topliss-reactive ketones (excluding diaryl/α,β-unsaturated/α-hetero) is 1. The van der Waals surface area contributed by atoms with Gasteiger partial charge >= 0.3 is 5.97 Å². The molecular weight excluding hydrogens is 238 g/mol. The summed E-state index contributed by atoms with van der Waals surface area (Å²) in [5, 5.41) is 2.38. The quantitative estimate of drug-likeness (QED) is 0.407. The molecule has 1 rings (SSSR count). The zero-order valence-electron chi connectivity index (χ0n) is 9.98. The van der Waals surface area contributed by atoms with E-state index in [4.69, 9.17) is 4.74 Å². The summed E-state index contributed by atoms with van der Waals surface area (Å²) in [6, 6.07) is 0. The molecule has 1 aromatic rings. The van der Waals surface area contributed by atoms with Crippen LogP contribution in [0.4, 0.5) is 0 Å². The highest BCUT2D eigenvalue weighted by atomic mass is 32.1. The molecule has 1 aromatic heterocycles. The smallest absolute Gasteiger partial charge is 0.305 e. The maximum Gasteiger partial charge on any atom is 0.305 e. The number of rotatable bonds is 8. The van der Waals surface area contributed by atoms with Crippen molar-refractivity contribution in [1.82, 2.24) is 4.98 Å². The average molecular weight is 255 g/mol. The lowest BCUT2D eigenvalue weighted by molar-refractivity contribution is -0.143. The molecule has 0 saturated carbocycles. The zero-order chi connectivity index (χ0) is 12.5. The molecule has 0 atom stereocenters. The maximum absolute atomic E-state index is 11.6. The van der Waals surface area contributed by atoms with Crippen LogP contribution in [0.25, 0.3) is 0 Å². The molecule has 0 saturated heterocycles. The van der Waals surface area contributed by atoms with Gasteiger partial charge in [-0.05, 0) is 19.8 Å². The molecule has 0 spiro atoms. The molecule has 17 heavy (non-hydrogen) atoms. The highest BCUT2D eigenvalue weighted by molar-refractivity contribution is 7.11. The van der Waals surface area contributed by atoms with E-state index < -0.39 is 0 Å². The van der Waals surface area contributed by atoms with Crippen molar-refractivity contribution < 1.29 is 14.3 Å². The van der Waals surface area contributed by atoms with Crippen LogP contribution in [0, 0.1) is 0 Å². The predicted molar refractivity (Wildman–Crippen MR) is 66.2 cm³/mol. The van der Waals surface area contributed by atoms with E-state index in [-0.39, 0.29) is 11.8 Å². The van der Waals surface area contributed by atoms with Gasteiger partial charge in [-0.3, -0.25) is 9.59 Å². The van der Waals surface area contributed by atoms with Crippen molar-refractivity contribution in [3.05, 3.63) is 16.6 Å². The van der Waals surface area contributed by atoms with Crippen LogP contribution in [0.5, 0.6) is 0 Å². The Labute approximate surface area is 105 Å². The van der Waals surface area contributed by atoms with E-state index in [0.717, 1.165) is 19.3 Å². The number of hydrogen-bond donors (Lipinski definition) is 0. The Bertz CT molecular complexity index is 349. The Hall–Kier alpha value is -1.23. The van der Waals surface area contributed by atoms with Gasteiger partial charge in [0.2, 0.25) is 0 Å². The van der Waals surface area contributed by atoms with Crippen molar-refractivity contribution in [2.24, 2.45) is 0 Å². The van der Waals surface area contributed by atoms with Gasteiger partial charge in [-0.2, -0.15) is 0 Å². The summed E-state index contributed by atoms with van der Waals surface area (Å²) in [5.74, 6) is -0.0603. The van der Waals surface area contributed by atoms with Crippen molar-refractivity contribution >= 4 is 23.1 Å². The van der Waals surface area contributed by atoms with Crippen molar-refractivity contribution in [2.45, 2.75) is 39.0 Å². The number of carbonyl (C=O) groups excluding carboxylic acids is 2. The Kier molecular flexibility index (Phi) is 6.47. The monoisotopic (exact) mass is 255 g/mol. The Morgan fingerprint density at radius 3 is 2.71 bits per heavy atom. The second kappa shape index (κ2) is 7.95. The number of thiazole rings is 1. The first-order valence-corrected chi connectivity index (χ1v) is 6.70. The fraction of sp³-hybridized carbons (Fsp3) is 0.583. The first-order chi connectivity index (χ1) is 8.24. The number of ether oxygens (including phenoxy) is 1. The van der Waals surface area contributed by atoms with Gasteiger partial charge in [0.1, 0.15) is 0 Å². The van der Waals surface area contributed by atoms with Gasteiger partial charge < -0.3 is 4.74 Å². The summed E-state index contributed by atoms with van der Waals surface area (Å²) in [4.78, 5) is 26.6. The minimum absolute atomic E-state index is 0.0936. The average Bonchev–Trinajstić information content (AvgIpc) is 2.82. The van der Waals surface area contributed by atoms with Crippen LogP contribution < -0.4 is 0 Å². The lowest BCUT2D eigenvalue weighted by atomic mass is 10.1. The first-order valence-electron chi connectivity index (χ1n) is 5.82. The Morgan fingerprint density at radius 2 is 2.06 bits per heavy atom. The standard InChI is InChI=1S/C12H17NO3S/c1-2-16-11(15)7-5-3-4-6-10(14)12-13-8-9-17-12/h8-9H,2-7H2,1H3. The van der Waals surface area contributed by atoms with E-state index in [9.17, 15) is 9.59 Å². The number of esters is 1. The van der Waals surface area contributed by atoms with Gasteiger partial charge in [-0.25, -0.2) is 4.98 Å². The summed E-state index contributed by atoms with van der Waals surface area (Å²) in [5.41, 5.74) is 0. The fourth-order valence-corrected chi connectivity index (χ4v) is 2.04. The van der Waals surface area contributed by atoms with Gasteiger partial charge in [0, 0.05) is 24.4 Å². The van der Waals surface area contributed by atoms with Crippen LogP contribution in [0.1, 0.15) is 48.8 Å². The molecular formula is C12H17NO3S. The minimum Gasteiger partial charge on any atom is -0.466 e. The second-order valence-corrected chi connectivity index (χ2v) is 4.52. The number of unbranched alkanes of at least 4 members (excludes halogenated alkanes) is 2.